The van der Waals surface area contributed by atoms with Crippen molar-refractivity contribution in [1.29, 1.82) is 0 Å². The van der Waals surface area contributed by atoms with E-state index in [0.717, 1.165) is 0 Å². The maximum Gasteiger partial charge on any atom is 0.224 e. The van der Waals surface area contributed by atoms with Gasteiger partial charge in [-0.05, 0) is 17.7 Å². The summed E-state index contributed by atoms with van der Waals surface area (Å²) in [5, 5.41) is 6.36. The zero-order chi connectivity index (χ0) is 11.3. The second-order valence-corrected chi connectivity index (χ2v) is 3.16. The van der Waals surface area contributed by atoms with Crippen molar-refractivity contribution in [3.8, 4) is 0 Å². The molecule has 5 nitrogen and oxygen atoms in total. The summed E-state index contributed by atoms with van der Waals surface area (Å²) in [5.74, 6) is -0.117. The van der Waals surface area contributed by atoms with E-state index in [2.05, 4.69) is 15.3 Å². The standard InChI is InChI=1S/C9H9ClN4O/c1-2-9(15)12-8-4-3-6(13-14-11)5-7(8)10/h3-5H,2H2,1H3,(H,12,15). The first-order valence-electron chi connectivity index (χ1n) is 4.32. The molecule has 0 bridgehead atoms. The number of hydrogen-bond acceptors (Lipinski definition) is 2. The second-order valence-electron chi connectivity index (χ2n) is 2.76. The van der Waals surface area contributed by atoms with Crippen LogP contribution >= 0.6 is 11.6 Å². The van der Waals surface area contributed by atoms with E-state index < -0.39 is 0 Å². The smallest absolute Gasteiger partial charge is 0.224 e. The van der Waals surface area contributed by atoms with Crippen molar-refractivity contribution in [2.45, 2.75) is 13.3 Å². The minimum absolute atomic E-state index is 0.117. The van der Waals surface area contributed by atoms with Crippen molar-refractivity contribution in [3.63, 3.8) is 0 Å². The van der Waals surface area contributed by atoms with E-state index in [-0.39, 0.29) is 5.91 Å². The number of amides is 1. The first-order chi connectivity index (χ1) is 7.17. The quantitative estimate of drug-likeness (QED) is 0.475. The van der Waals surface area contributed by atoms with Gasteiger partial charge >= 0.3 is 0 Å². The molecule has 0 saturated heterocycles. The second kappa shape index (κ2) is 5.24. The Balaban J connectivity index is 2.92. The SMILES string of the molecule is CCC(=O)Nc1ccc(N=[N+]=[N-])cc1Cl. The lowest BCUT2D eigenvalue weighted by Crippen LogP contribution is -2.09. The van der Waals surface area contributed by atoms with Gasteiger partial charge in [-0.15, -0.1) is 0 Å². The van der Waals surface area contributed by atoms with Crippen molar-refractivity contribution in [3.05, 3.63) is 33.7 Å². The van der Waals surface area contributed by atoms with E-state index in [9.17, 15) is 4.79 Å². The fraction of sp³-hybridized carbons (Fsp3) is 0.222. The Morgan fingerprint density at radius 3 is 2.93 bits per heavy atom. The van der Waals surface area contributed by atoms with Crippen LogP contribution < -0.4 is 5.32 Å². The van der Waals surface area contributed by atoms with Gasteiger partial charge in [-0.25, -0.2) is 0 Å². The maximum absolute atomic E-state index is 11.1. The molecule has 0 heterocycles. The van der Waals surface area contributed by atoms with Gasteiger partial charge in [-0.1, -0.05) is 29.7 Å². The number of benzene rings is 1. The zero-order valence-corrected chi connectivity index (χ0v) is 8.82. The first-order valence-corrected chi connectivity index (χ1v) is 4.69. The summed E-state index contributed by atoms with van der Waals surface area (Å²) in [5.41, 5.74) is 9.14. The average Bonchev–Trinajstić information content (AvgIpc) is 2.22. The van der Waals surface area contributed by atoms with Gasteiger partial charge in [0.1, 0.15) is 0 Å². The number of nitrogens with one attached hydrogen (secondary N) is 1. The van der Waals surface area contributed by atoms with Crippen LogP contribution in [0.3, 0.4) is 0 Å². The molecule has 0 radical (unpaired) electrons. The van der Waals surface area contributed by atoms with Gasteiger partial charge < -0.3 is 5.32 Å². The van der Waals surface area contributed by atoms with Gasteiger partial charge in [-0.2, -0.15) is 0 Å². The molecule has 0 saturated carbocycles. The molecule has 1 aromatic rings. The van der Waals surface area contributed by atoms with Crippen LogP contribution in [0.1, 0.15) is 13.3 Å². The fourth-order valence-electron chi connectivity index (χ4n) is 0.958. The molecular weight excluding hydrogens is 216 g/mol. The molecular formula is C9H9ClN4O. The van der Waals surface area contributed by atoms with E-state index in [1.54, 1.807) is 19.1 Å². The van der Waals surface area contributed by atoms with Crippen LogP contribution in [-0.4, -0.2) is 5.91 Å². The first kappa shape index (κ1) is 11.4. The Morgan fingerprint density at radius 2 is 2.40 bits per heavy atom. The Labute approximate surface area is 91.7 Å². The zero-order valence-electron chi connectivity index (χ0n) is 8.07. The van der Waals surface area contributed by atoms with Gasteiger partial charge in [0.25, 0.3) is 0 Å². The lowest BCUT2D eigenvalue weighted by Gasteiger charge is -2.05. The van der Waals surface area contributed by atoms with Crippen molar-refractivity contribution in [1.82, 2.24) is 0 Å². The van der Waals surface area contributed by atoms with Crippen LogP contribution in [0.5, 0.6) is 0 Å². The highest BCUT2D eigenvalue weighted by molar-refractivity contribution is 6.34. The summed E-state index contributed by atoms with van der Waals surface area (Å²) in [6, 6.07) is 4.67. The lowest BCUT2D eigenvalue weighted by molar-refractivity contribution is -0.115. The summed E-state index contributed by atoms with van der Waals surface area (Å²) in [6.07, 6.45) is 0.383. The monoisotopic (exact) mass is 224 g/mol. The summed E-state index contributed by atoms with van der Waals surface area (Å²) >= 11 is 5.87. The molecule has 1 N–H and O–H groups in total. The number of anilines is 1. The molecule has 1 aromatic carbocycles. The minimum Gasteiger partial charge on any atom is -0.325 e. The fourth-order valence-corrected chi connectivity index (χ4v) is 1.18. The van der Waals surface area contributed by atoms with Crippen LogP contribution in [0.2, 0.25) is 5.02 Å². The number of carbonyl (C=O) groups is 1. The molecule has 1 amide bonds. The summed E-state index contributed by atoms with van der Waals surface area (Å²) < 4.78 is 0. The van der Waals surface area contributed by atoms with E-state index in [0.29, 0.717) is 22.8 Å². The molecule has 0 aliphatic heterocycles. The largest absolute Gasteiger partial charge is 0.325 e. The topological polar surface area (TPSA) is 77.9 Å². The summed E-state index contributed by atoms with van der Waals surface area (Å²) in [6.45, 7) is 1.75. The van der Waals surface area contributed by atoms with Gasteiger partial charge in [0.15, 0.2) is 0 Å². The highest BCUT2D eigenvalue weighted by Gasteiger charge is 2.03. The molecule has 78 valence electrons. The van der Waals surface area contributed by atoms with E-state index in [1.165, 1.54) is 6.07 Å². The maximum atomic E-state index is 11.1. The van der Waals surface area contributed by atoms with Crippen molar-refractivity contribution in [2.75, 3.05) is 5.32 Å². The van der Waals surface area contributed by atoms with Crippen LogP contribution in [0.25, 0.3) is 10.4 Å². The number of hydrogen-bond donors (Lipinski definition) is 1. The van der Waals surface area contributed by atoms with Crippen LogP contribution in [0, 0.1) is 0 Å². The third-order valence-corrected chi connectivity index (χ3v) is 2.02. The van der Waals surface area contributed by atoms with Gasteiger partial charge in [0, 0.05) is 17.0 Å². The molecule has 6 heteroatoms. The minimum atomic E-state index is -0.117. The van der Waals surface area contributed by atoms with E-state index in [4.69, 9.17) is 17.1 Å². The predicted molar refractivity (Wildman–Crippen MR) is 59.2 cm³/mol. The highest BCUT2D eigenvalue weighted by Crippen LogP contribution is 2.27. The predicted octanol–water partition coefficient (Wildman–Crippen LogP) is 3.63. The number of carbonyl (C=O) groups excluding carboxylic acids is 1. The van der Waals surface area contributed by atoms with Crippen molar-refractivity contribution in [2.24, 2.45) is 5.11 Å². The number of rotatable bonds is 3. The molecule has 0 aliphatic carbocycles. The molecule has 0 atom stereocenters. The third kappa shape index (κ3) is 3.16. The van der Waals surface area contributed by atoms with Crippen LogP contribution in [-0.2, 0) is 4.79 Å². The number of halogens is 1. The Kier molecular flexibility index (Phi) is 3.97. The van der Waals surface area contributed by atoms with Crippen LogP contribution in [0.15, 0.2) is 23.3 Å². The summed E-state index contributed by atoms with van der Waals surface area (Å²) in [4.78, 5) is 13.7. The normalized spacial score (nSPS) is 9.20. The molecule has 0 spiro atoms. The average molecular weight is 225 g/mol. The Hall–Kier alpha value is -1.71. The summed E-state index contributed by atoms with van der Waals surface area (Å²) in [7, 11) is 0. The molecule has 0 aromatic heterocycles. The number of azide groups is 1. The van der Waals surface area contributed by atoms with Crippen molar-refractivity contribution < 1.29 is 4.79 Å². The Bertz CT molecular complexity index is 426. The molecule has 15 heavy (non-hydrogen) atoms. The molecule has 0 unspecified atom stereocenters. The van der Waals surface area contributed by atoms with Gasteiger partial charge in [0.2, 0.25) is 5.91 Å². The molecule has 0 aliphatic rings. The third-order valence-electron chi connectivity index (χ3n) is 1.71. The van der Waals surface area contributed by atoms with Gasteiger partial charge in [-0.3, -0.25) is 4.79 Å². The lowest BCUT2D eigenvalue weighted by atomic mass is 10.2. The van der Waals surface area contributed by atoms with E-state index >= 15 is 0 Å². The molecule has 0 fully saturated rings. The van der Waals surface area contributed by atoms with Crippen LogP contribution in [0.4, 0.5) is 11.4 Å². The highest BCUT2D eigenvalue weighted by atomic mass is 35.5. The van der Waals surface area contributed by atoms with E-state index in [1.807, 2.05) is 0 Å². The number of nitrogens with zero attached hydrogens (tertiary/aromatic N) is 3. The molecule has 1 rings (SSSR count). The van der Waals surface area contributed by atoms with Gasteiger partial charge in [0.05, 0.1) is 10.7 Å². The Morgan fingerprint density at radius 1 is 1.67 bits per heavy atom. The van der Waals surface area contributed by atoms with Crippen molar-refractivity contribution >= 4 is 28.9 Å².